The van der Waals surface area contributed by atoms with Gasteiger partial charge in [-0.25, -0.2) is 4.79 Å². The zero-order valence-corrected chi connectivity index (χ0v) is 16.0. The minimum atomic E-state index is -0.336. The van der Waals surface area contributed by atoms with Crippen LogP contribution in [0.2, 0.25) is 5.02 Å². The summed E-state index contributed by atoms with van der Waals surface area (Å²) in [5.41, 5.74) is 2.23. The molecule has 0 fully saturated rings. The average molecular weight is 385 g/mol. The first-order chi connectivity index (χ1) is 11.8. The Labute approximate surface area is 158 Å². The summed E-state index contributed by atoms with van der Waals surface area (Å²) in [4.78, 5) is 21.8. The van der Waals surface area contributed by atoms with Gasteiger partial charge in [-0.1, -0.05) is 30.3 Å². The molecule has 0 saturated carbocycles. The number of rotatable bonds is 4. The highest BCUT2D eigenvalue weighted by molar-refractivity contribution is 6.30. The number of Topliss-reactive ketones (excluding diaryl/α,β-unsaturated/α-hetero) is 1. The van der Waals surface area contributed by atoms with Crippen molar-refractivity contribution in [1.29, 1.82) is 0 Å². The lowest BCUT2D eigenvalue weighted by molar-refractivity contribution is -0.139. The largest absolute Gasteiger partial charge is 0.463 e. The molecule has 0 radical (unpaired) electrons. The van der Waals surface area contributed by atoms with Crippen molar-refractivity contribution in [3.8, 4) is 0 Å². The number of nitrogens with one attached hydrogen (secondary N) is 2. The smallest absolute Gasteiger partial charge is 0.338 e. The molecule has 0 saturated heterocycles. The van der Waals surface area contributed by atoms with Crippen molar-refractivity contribution >= 4 is 35.0 Å². The Morgan fingerprint density at radius 1 is 1.28 bits per heavy atom. The summed E-state index contributed by atoms with van der Waals surface area (Å²) in [6.45, 7) is 9.27. The minimum absolute atomic E-state index is 0.0201. The van der Waals surface area contributed by atoms with Crippen LogP contribution in [0.4, 0.5) is 0 Å². The number of ketones is 1. The number of carbonyl (C=O) groups excluding carboxylic acids is 2. The number of hydrogen-bond donors (Lipinski definition) is 2. The van der Waals surface area contributed by atoms with E-state index in [4.69, 9.17) is 27.9 Å². The van der Waals surface area contributed by atoms with Crippen LogP contribution in [0.25, 0.3) is 0 Å². The van der Waals surface area contributed by atoms with Crippen LogP contribution in [0.5, 0.6) is 0 Å². The van der Waals surface area contributed by atoms with Gasteiger partial charge in [-0.05, 0) is 38.5 Å². The monoisotopic (exact) mass is 384 g/mol. The molecule has 0 spiro atoms. The molecule has 0 aromatic heterocycles. The van der Waals surface area contributed by atoms with Gasteiger partial charge in [0.15, 0.2) is 0 Å². The Balaban J connectivity index is 0.000000550. The summed E-state index contributed by atoms with van der Waals surface area (Å²) in [6.07, 6.45) is 0. The maximum absolute atomic E-state index is 12.2. The van der Waals surface area contributed by atoms with E-state index in [9.17, 15) is 9.59 Å². The lowest BCUT2D eigenvalue weighted by Gasteiger charge is -2.30. The molecule has 2 N–H and O–H groups in total. The number of ether oxygens (including phenoxy) is 1. The Morgan fingerprint density at radius 2 is 1.84 bits per heavy atom. The molecule has 0 aliphatic carbocycles. The lowest BCUT2D eigenvalue weighted by atomic mass is 9.95. The molecule has 1 aliphatic rings. The number of carbonyl (C=O) groups is 2. The van der Waals surface area contributed by atoms with Gasteiger partial charge in [0.25, 0.3) is 0 Å². The highest BCUT2D eigenvalue weighted by Gasteiger charge is 2.30. The third-order valence-corrected chi connectivity index (χ3v) is 3.86. The van der Waals surface area contributed by atoms with Crippen molar-refractivity contribution < 1.29 is 14.3 Å². The second-order valence-corrected chi connectivity index (χ2v) is 6.03. The first kappa shape index (κ1) is 21.1. The van der Waals surface area contributed by atoms with E-state index in [2.05, 4.69) is 17.2 Å². The number of halogens is 2. The van der Waals surface area contributed by atoms with Gasteiger partial charge in [-0.15, -0.1) is 11.6 Å². The Morgan fingerprint density at radius 3 is 2.32 bits per heavy atom. The summed E-state index contributed by atoms with van der Waals surface area (Å²) >= 11 is 10.9. The molecule has 136 valence electrons. The highest BCUT2D eigenvalue weighted by Crippen LogP contribution is 2.29. The van der Waals surface area contributed by atoms with E-state index >= 15 is 0 Å². The number of esters is 1. The van der Waals surface area contributed by atoms with E-state index in [1.54, 1.807) is 19.1 Å². The summed E-state index contributed by atoms with van der Waals surface area (Å²) in [7, 11) is 0. The van der Waals surface area contributed by atoms with Gasteiger partial charge in [0.1, 0.15) is 5.78 Å². The molecule has 1 unspecified atom stereocenters. The van der Waals surface area contributed by atoms with Crippen LogP contribution in [0, 0.1) is 0 Å². The highest BCUT2D eigenvalue weighted by atomic mass is 35.5. The first-order valence-corrected chi connectivity index (χ1v) is 8.62. The quantitative estimate of drug-likeness (QED) is 0.611. The molecule has 25 heavy (non-hydrogen) atoms. The fourth-order valence-electron chi connectivity index (χ4n) is 2.18. The van der Waals surface area contributed by atoms with Gasteiger partial charge in [0.05, 0.1) is 29.9 Å². The van der Waals surface area contributed by atoms with Crippen molar-refractivity contribution in [3.05, 3.63) is 58.5 Å². The van der Waals surface area contributed by atoms with Crippen LogP contribution in [0.15, 0.2) is 47.9 Å². The molecule has 2 rings (SSSR count). The van der Waals surface area contributed by atoms with E-state index < -0.39 is 0 Å². The minimum Gasteiger partial charge on any atom is -0.463 e. The summed E-state index contributed by atoms with van der Waals surface area (Å²) < 4.78 is 5.13. The molecule has 1 aromatic carbocycles. The van der Waals surface area contributed by atoms with Gasteiger partial charge in [-0.2, -0.15) is 0 Å². The predicted octanol–water partition coefficient (Wildman–Crippen LogP) is 3.70. The number of benzene rings is 1. The number of allylic oxidation sites excluding steroid dienone is 1. The Bertz CT molecular complexity index is 669. The van der Waals surface area contributed by atoms with Crippen molar-refractivity contribution in [3.63, 3.8) is 0 Å². The van der Waals surface area contributed by atoms with Gasteiger partial charge in [0, 0.05) is 10.7 Å². The normalized spacial score (nSPS) is 16.2. The summed E-state index contributed by atoms with van der Waals surface area (Å²) in [5, 5.41) is 6.84. The zero-order valence-electron chi connectivity index (χ0n) is 14.5. The van der Waals surface area contributed by atoms with Crippen LogP contribution in [-0.4, -0.2) is 24.2 Å². The van der Waals surface area contributed by atoms with E-state index in [0.717, 1.165) is 11.3 Å². The molecule has 1 heterocycles. The summed E-state index contributed by atoms with van der Waals surface area (Å²) in [5.74, 6) is 0.472. The van der Waals surface area contributed by atoms with Gasteiger partial charge in [0.2, 0.25) is 0 Å². The number of hydrogen-bond acceptors (Lipinski definition) is 5. The van der Waals surface area contributed by atoms with Crippen LogP contribution >= 0.6 is 23.2 Å². The van der Waals surface area contributed by atoms with Gasteiger partial charge in [-0.3, -0.25) is 4.79 Å². The maximum Gasteiger partial charge on any atom is 0.338 e. The molecule has 5 nitrogen and oxygen atoms in total. The van der Waals surface area contributed by atoms with Crippen molar-refractivity contribution in [1.82, 2.24) is 10.6 Å². The molecule has 0 bridgehead atoms. The average Bonchev–Trinajstić information content (AvgIpc) is 2.55. The molecular formula is C18H22Cl2N2O3. The van der Waals surface area contributed by atoms with E-state index in [1.807, 2.05) is 19.1 Å². The molecule has 7 heteroatoms. The third-order valence-electron chi connectivity index (χ3n) is 3.24. The van der Waals surface area contributed by atoms with Gasteiger partial charge < -0.3 is 15.4 Å². The SMILES string of the molecule is C=C1NC(C)=C(C(=O)OCC)C(c2ccc(Cl)cc2)N1.CC(=O)CCl. The van der Waals surface area contributed by atoms with Crippen molar-refractivity contribution in [2.75, 3.05) is 12.5 Å². The third kappa shape index (κ3) is 6.44. The predicted molar refractivity (Wildman–Crippen MR) is 100 cm³/mol. The topological polar surface area (TPSA) is 67.4 Å². The Hall–Kier alpha value is -1.98. The maximum atomic E-state index is 12.2. The van der Waals surface area contributed by atoms with E-state index in [-0.39, 0.29) is 23.7 Å². The van der Waals surface area contributed by atoms with Crippen LogP contribution in [0.1, 0.15) is 32.4 Å². The van der Waals surface area contributed by atoms with Crippen LogP contribution < -0.4 is 10.6 Å². The summed E-state index contributed by atoms with van der Waals surface area (Å²) in [6, 6.07) is 7.05. The fourth-order valence-corrected chi connectivity index (χ4v) is 2.30. The van der Waals surface area contributed by atoms with Crippen LogP contribution in [-0.2, 0) is 14.3 Å². The second-order valence-electron chi connectivity index (χ2n) is 5.33. The molecule has 0 amide bonds. The van der Waals surface area contributed by atoms with Crippen molar-refractivity contribution in [2.24, 2.45) is 0 Å². The molecule has 1 atom stereocenters. The fraction of sp³-hybridized carbons (Fsp3) is 0.333. The second kappa shape index (κ2) is 10.1. The standard InChI is InChI=1S/C15H17ClN2O2.C3H5ClO/c1-4-20-15(19)13-9(2)17-10(3)18-14(13)11-5-7-12(16)8-6-11;1-3(5)2-4/h5-8,14,17-18H,3-4H2,1-2H3;2H2,1H3. The van der Waals surface area contributed by atoms with E-state index in [0.29, 0.717) is 23.0 Å². The first-order valence-electron chi connectivity index (χ1n) is 7.71. The van der Waals surface area contributed by atoms with E-state index in [1.165, 1.54) is 6.92 Å². The van der Waals surface area contributed by atoms with Crippen LogP contribution in [0.3, 0.4) is 0 Å². The molecular weight excluding hydrogens is 363 g/mol. The van der Waals surface area contributed by atoms with Crippen molar-refractivity contribution in [2.45, 2.75) is 26.8 Å². The lowest BCUT2D eigenvalue weighted by Crippen LogP contribution is -2.39. The molecule has 1 aliphatic heterocycles. The van der Waals surface area contributed by atoms with Gasteiger partial charge >= 0.3 is 5.97 Å². The Kier molecular flexibility index (Phi) is 8.52. The number of alkyl halides is 1. The molecule has 1 aromatic rings. The zero-order chi connectivity index (χ0) is 19.0.